The highest BCUT2D eigenvalue weighted by Crippen LogP contribution is 2.32. The van der Waals surface area contributed by atoms with Gasteiger partial charge in [0.2, 0.25) is 0 Å². The van der Waals surface area contributed by atoms with Crippen molar-refractivity contribution in [2.45, 2.75) is 20.3 Å². The molecule has 112 valence electrons. The predicted octanol–water partition coefficient (Wildman–Crippen LogP) is 3.64. The van der Waals surface area contributed by atoms with Crippen molar-refractivity contribution in [2.24, 2.45) is 0 Å². The molecule has 0 aliphatic heterocycles. The maximum absolute atomic E-state index is 11.5. The van der Waals surface area contributed by atoms with Crippen molar-refractivity contribution in [1.29, 1.82) is 0 Å². The van der Waals surface area contributed by atoms with Gasteiger partial charge in [0.1, 0.15) is 5.56 Å². The SMILES string of the molecule is CCc1nc2c(c(C)nn2-c2ccccc2)c(Cl)c1C(=O)O. The Kier molecular flexibility index (Phi) is 3.58. The molecule has 3 aromatic rings. The molecule has 0 saturated carbocycles. The number of carboxylic acid groups (broad SMARTS) is 1. The summed E-state index contributed by atoms with van der Waals surface area (Å²) < 4.78 is 1.70. The highest BCUT2D eigenvalue weighted by Gasteiger charge is 2.23. The standard InChI is InChI=1S/C16H14ClN3O2/c1-3-11-13(16(21)22)14(17)12-9(2)19-20(15(12)18-11)10-7-5-4-6-8-10/h4-8H,3H2,1-2H3,(H,21,22). The number of pyridine rings is 1. The maximum atomic E-state index is 11.5. The summed E-state index contributed by atoms with van der Waals surface area (Å²) in [7, 11) is 0. The number of halogens is 1. The molecule has 0 aliphatic rings. The summed E-state index contributed by atoms with van der Waals surface area (Å²) in [5, 5.41) is 14.7. The first kappa shape index (κ1) is 14.5. The van der Waals surface area contributed by atoms with E-state index >= 15 is 0 Å². The number of aromatic nitrogens is 3. The zero-order valence-corrected chi connectivity index (χ0v) is 12.9. The second kappa shape index (κ2) is 5.42. The average Bonchev–Trinajstić information content (AvgIpc) is 2.84. The molecule has 0 unspecified atom stereocenters. The molecule has 0 fully saturated rings. The summed E-state index contributed by atoms with van der Waals surface area (Å²) in [6.07, 6.45) is 0.482. The van der Waals surface area contributed by atoms with Gasteiger partial charge in [-0.05, 0) is 25.5 Å². The van der Waals surface area contributed by atoms with E-state index in [2.05, 4.69) is 10.1 Å². The summed E-state index contributed by atoms with van der Waals surface area (Å²) in [6, 6.07) is 9.57. The van der Waals surface area contributed by atoms with Crippen molar-refractivity contribution in [3.8, 4) is 5.69 Å². The van der Waals surface area contributed by atoms with Crippen LogP contribution in [-0.2, 0) is 6.42 Å². The van der Waals surface area contributed by atoms with Crippen LogP contribution in [0.1, 0.15) is 28.7 Å². The number of carboxylic acids is 1. The zero-order chi connectivity index (χ0) is 15.9. The van der Waals surface area contributed by atoms with Crippen LogP contribution < -0.4 is 0 Å². The number of nitrogens with zero attached hydrogens (tertiary/aromatic N) is 3. The molecule has 0 amide bonds. The van der Waals surface area contributed by atoms with Crippen LogP contribution in [0, 0.1) is 6.92 Å². The molecule has 2 aromatic heterocycles. The largest absolute Gasteiger partial charge is 0.478 e. The van der Waals surface area contributed by atoms with Gasteiger partial charge < -0.3 is 5.11 Å². The molecule has 3 rings (SSSR count). The van der Waals surface area contributed by atoms with E-state index in [1.165, 1.54) is 0 Å². The van der Waals surface area contributed by atoms with E-state index in [4.69, 9.17) is 11.6 Å². The Hall–Kier alpha value is -2.40. The molecule has 0 aliphatic carbocycles. The highest BCUT2D eigenvalue weighted by atomic mass is 35.5. The van der Waals surface area contributed by atoms with Crippen molar-refractivity contribution < 1.29 is 9.90 Å². The third kappa shape index (κ3) is 2.14. The minimum atomic E-state index is -1.07. The molecule has 0 radical (unpaired) electrons. The minimum Gasteiger partial charge on any atom is -0.478 e. The van der Waals surface area contributed by atoms with Gasteiger partial charge in [-0.25, -0.2) is 14.5 Å². The molecule has 1 N–H and O–H groups in total. The molecule has 22 heavy (non-hydrogen) atoms. The number of hydrogen-bond donors (Lipinski definition) is 1. The van der Waals surface area contributed by atoms with E-state index in [-0.39, 0.29) is 10.6 Å². The third-order valence-corrected chi connectivity index (χ3v) is 3.93. The number of fused-ring (bicyclic) bond motifs is 1. The fourth-order valence-electron chi connectivity index (χ4n) is 2.53. The summed E-state index contributed by atoms with van der Waals surface area (Å²) in [4.78, 5) is 16.0. The Labute approximate surface area is 132 Å². The minimum absolute atomic E-state index is 0.0624. The van der Waals surface area contributed by atoms with Crippen LogP contribution in [-0.4, -0.2) is 25.8 Å². The monoisotopic (exact) mass is 315 g/mol. The van der Waals surface area contributed by atoms with Crippen LogP contribution in [0.25, 0.3) is 16.7 Å². The Morgan fingerprint density at radius 3 is 2.59 bits per heavy atom. The highest BCUT2D eigenvalue weighted by molar-refractivity contribution is 6.38. The molecule has 1 aromatic carbocycles. The number of carbonyl (C=O) groups is 1. The molecule has 2 heterocycles. The van der Waals surface area contributed by atoms with Gasteiger partial charge in [-0.15, -0.1) is 0 Å². The van der Waals surface area contributed by atoms with Crippen LogP contribution in [0.2, 0.25) is 5.02 Å². The van der Waals surface area contributed by atoms with Crippen molar-refractivity contribution in [3.63, 3.8) is 0 Å². The Morgan fingerprint density at radius 1 is 1.32 bits per heavy atom. The van der Waals surface area contributed by atoms with E-state index in [1.54, 1.807) is 11.6 Å². The zero-order valence-electron chi connectivity index (χ0n) is 12.2. The van der Waals surface area contributed by atoms with E-state index < -0.39 is 5.97 Å². The molecule has 0 bridgehead atoms. The van der Waals surface area contributed by atoms with Crippen molar-refractivity contribution in [1.82, 2.24) is 14.8 Å². The summed E-state index contributed by atoms with van der Waals surface area (Å²) in [6.45, 7) is 3.65. The number of benzene rings is 1. The molecule has 0 spiro atoms. The normalized spacial score (nSPS) is 11.0. The van der Waals surface area contributed by atoms with E-state index in [0.29, 0.717) is 28.8 Å². The molecular formula is C16H14ClN3O2. The number of hydrogen-bond acceptors (Lipinski definition) is 3. The van der Waals surface area contributed by atoms with Gasteiger partial charge >= 0.3 is 5.97 Å². The smallest absolute Gasteiger partial charge is 0.339 e. The maximum Gasteiger partial charge on any atom is 0.339 e. The summed E-state index contributed by atoms with van der Waals surface area (Å²) in [5.41, 5.74) is 2.61. The van der Waals surface area contributed by atoms with Crippen LogP contribution in [0.15, 0.2) is 30.3 Å². The van der Waals surface area contributed by atoms with Gasteiger partial charge in [-0.2, -0.15) is 5.10 Å². The van der Waals surface area contributed by atoms with Crippen LogP contribution in [0.4, 0.5) is 0 Å². The molecule has 5 nitrogen and oxygen atoms in total. The first-order valence-corrected chi connectivity index (χ1v) is 7.28. The fourth-order valence-corrected chi connectivity index (χ4v) is 2.94. The molecular weight excluding hydrogens is 302 g/mol. The van der Waals surface area contributed by atoms with Gasteiger partial charge in [-0.3, -0.25) is 0 Å². The van der Waals surface area contributed by atoms with Gasteiger partial charge in [0.05, 0.1) is 27.5 Å². The number of para-hydroxylation sites is 1. The first-order chi connectivity index (χ1) is 10.5. The average molecular weight is 316 g/mol. The van der Waals surface area contributed by atoms with E-state index in [1.807, 2.05) is 37.3 Å². The van der Waals surface area contributed by atoms with Gasteiger partial charge in [0, 0.05) is 0 Å². The summed E-state index contributed by atoms with van der Waals surface area (Å²) in [5.74, 6) is -1.07. The Balaban J connectivity index is 2.40. The van der Waals surface area contributed by atoms with Crippen LogP contribution in [0.5, 0.6) is 0 Å². The lowest BCUT2D eigenvalue weighted by molar-refractivity contribution is 0.0695. The molecule has 0 saturated heterocycles. The van der Waals surface area contributed by atoms with E-state index in [0.717, 1.165) is 5.69 Å². The fraction of sp³-hybridized carbons (Fsp3) is 0.188. The van der Waals surface area contributed by atoms with Crippen molar-refractivity contribution in [3.05, 3.63) is 52.3 Å². The van der Waals surface area contributed by atoms with Crippen molar-refractivity contribution in [2.75, 3.05) is 0 Å². The van der Waals surface area contributed by atoms with Crippen molar-refractivity contribution >= 4 is 28.6 Å². The Bertz CT molecular complexity index is 872. The Morgan fingerprint density at radius 2 is 2.00 bits per heavy atom. The second-order valence-corrected chi connectivity index (χ2v) is 5.32. The van der Waals surface area contributed by atoms with Crippen LogP contribution >= 0.6 is 11.6 Å². The number of aromatic carboxylic acids is 1. The second-order valence-electron chi connectivity index (χ2n) is 4.94. The summed E-state index contributed by atoms with van der Waals surface area (Å²) >= 11 is 6.35. The number of aryl methyl sites for hydroxylation is 2. The topological polar surface area (TPSA) is 68.0 Å². The lowest BCUT2D eigenvalue weighted by Gasteiger charge is -2.08. The third-order valence-electron chi connectivity index (χ3n) is 3.55. The van der Waals surface area contributed by atoms with Gasteiger partial charge in [-0.1, -0.05) is 36.7 Å². The molecule has 6 heteroatoms. The quantitative estimate of drug-likeness (QED) is 0.801. The predicted molar refractivity (Wildman–Crippen MR) is 84.9 cm³/mol. The van der Waals surface area contributed by atoms with E-state index in [9.17, 15) is 9.90 Å². The van der Waals surface area contributed by atoms with Crippen LogP contribution in [0.3, 0.4) is 0 Å². The lowest BCUT2D eigenvalue weighted by Crippen LogP contribution is -2.07. The first-order valence-electron chi connectivity index (χ1n) is 6.91. The van der Waals surface area contributed by atoms with Gasteiger partial charge in [0.25, 0.3) is 0 Å². The van der Waals surface area contributed by atoms with Gasteiger partial charge in [0.15, 0.2) is 5.65 Å². The number of rotatable bonds is 3. The molecule has 0 atom stereocenters. The lowest BCUT2D eigenvalue weighted by atomic mass is 10.1.